The van der Waals surface area contributed by atoms with Crippen LogP contribution in [0.15, 0.2) is 47.4 Å². The number of hydrogen-bond acceptors (Lipinski definition) is 5. The van der Waals surface area contributed by atoms with E-state index < -0.39 is 46.0 Å². The average Bonchev–Trinajstić information content (AvgIpc) is 2.78. The van der Waals surface area contributed by atoms with Crippen molar-refractivity contribution in [2.45, 2.75) is 49.7 Å². The Labute approximate surface area is 202 Å². The predicted octanol–water partition coefficient (Wildman–Crippen LogP) is 3.47. The van der Waals surface area contributed by atoms with Gasteiger partial charge in [-0.3, -0.25) is 9.59 Å². The fourth-order valence-electron chi connectivity index (χ4n) is 4.16. The molecule has 2 aromatic carbocycles. The van der Waals surface area contributed by atoms with Crippen molar-refractivity contribution in [2.24, 2.45) is 5.92 Å². The lowest BCUT2D eigenvalue weighted by molar-refractivity contribution is -0.137. The number of benzene rings is 2. The Morgan fingerprint density at radius 1 is 1.06 bits per heavy atom. The molecule has 0 heterocycles. The second-order valence-corrected chi connectivity index (χ2v) is 10.8. The first-order valence-electron chi connectivity index (χ1n) is 11.2. The van der Waals surface area contributed by atoms with Crippen LogP contribution in [0.5, 0.6) is 0 Å². The van der Waals surface area contributed by atoms with E-state index in [4.69, 9.17) is 5.73 Å². The summed E-state index contributed by atoms with van der Waals surface area (Å²) in [6.45, 7) is 1.38. The van der Waals surface area contributed by atoms with Gasteiger partial charge >= 0.3 is 6.18 Å². The van der Waals surface area contributed by atoms with E-state index in [1.54, 1.807) is 24.3 Å². The van der Waals surface area contributed by atoms with E-state index in [0.717, 1.165) is 30.5 Å². The number of nitrogens with two attached hydrogens (primary N) is 1. The van der Waals surface area contributed by atoms with Gasteiger partial charge in [-0.25, -0.2) is 8.42 Å². The molecular weight excluding hydrogens is 483 g/mol. The van der Waals surface area contributed by atoms with Crippen LogP contribution >= 0.6 is 0 Å². The highest BCUT2D eigenvalue weighted by Gasteiger charge is 2.33. The third-order valence-electron chi connectivity index (χ3n) is 6.10. The maximum absolute atomic E-state index is 12.9. The predicted molar refractivity (Wildman–Crippen MR) is 125 cm³/mol. The van der Waals surface area contributed by atoms with Crippen LogP contribution in [0.25, 0.3) is 0 Å². The van der Waals surface area contributed by atoms with Crippen molar-refractivity contribution in [3.05, 3.63) is 59.2 Å². The summed E-state index contributed by atoms with van der Waals surface area (Å²) < 4.78 is 64.6. The molecule has 1 aliphatic carbocycles. The van der Waals surface area contributed by atoms with Crippen LogP contribution in [0.2, 0.25) is 0 Å². The van der Waals surface area contributed by atoms with Gasteiger partial charge in [-0.1, -0.05) is 30.5 Å². The van der Waals surface area contributed by atoms with Crippen LogP contribution < -0.4 is 16.4 Å². The third-order valence-corrected chi connectivity index (χ3v) is 7.96. The second-order valence-electron chi connectivity index (χ2n) is 8.80. The number of halogens is 3. The number of amides is 2. The standard InChI is InChI=1S/C24H28F3N3O4S/c1-15-6-9-18(10-7-15)35(33,34)14-16-4-2-3-5-21(16)30-22(31)13-29-23(32)19-12-17(24(25,26)27)8-11-20(19)28/h6-12,16,21H,2-5,13-14,28H2,1H3,(H,29,32)(H,30,31)/t16-,21+/m1/s1. The Morgan fingerprint density at radius 3 is 2.37 bits per heavy atom. The number of nitrogens with one attached hydrogen (secondary N) is 2. The number of alkyl halides is 3. The monoisotopic (exact) mass is 511 g/mol. The van der Waals surface area contributed by atoms with E-state index >= 15 is 0 Å². The van der Waals surface area contributed by atoms with Crippen LogP contribution in [-0.4, -0.2) is 38.6 Å². The van der Waals surface area contributed by atoms with Crippen LogP contribution in [0.4, 0.5) is 18.9 Å². The van der Waals surface area contributed by atoms with Crippen molar-refractivity contribution in [3.63, 3.8) is 0 Å². The summed E-state index contributed by atoms with van der Waals surface area (Å²) in [4.78, 5) is 25.1. The SMILES string of the molecule is Cc1ccc(S(=O)(=O)C[C@H]2CCCC[C@@H]2NC(=O)CNC(=O)c2cc(C(F)(F)F)ccc2N)cc1. The van der Waals surface area contributed by atoms with E-state index in [0.29, 0.717) is 18.9 Å². The first kappa shape index (κ1) is 26.5. The molecule has 1 fully saturated rings. The number of rotatable bonds is 7. The molecule has 0 radical (unpaired) electrons. The molecule has 35 heavy (non-hydrogen) atoms. The highest BCUT2D eigenvalue weighted by Crippen LogP contribution is 2.31. The minimum absolute atomic E-state index is 0.117. The van der Waals surface area contributed by atoms with Crippen LogP contribution in [0.3, 0.4) is 0 Å². The number of aryl methyl sites for hydroxylation is 1. The van der Waals surface area contributed by atoms with Gasteiger partial charge in [0.05, 0.1) is 28.3 Å². The number of anilines is 1. The zero-order valence-electron chi connectivity index (χ0n) is 19.2. The number of sulfone groups is 1. The lowest BCUT2D eigenvalue weighted by Gasteiger charge is -2.32. The minimum Gasteiger partial charge on any atom is -0.398 e. The lowest BCUT2D eigenvalue weighted by atomic mass is 9.86. The van der Waals surface area contributed by atoms with E-state index in [-0.39, 0.29) is 27.8 Å². The molecule has 190 valence electrons. The van der Waals surface area contributed by atoms with Gasteiger partial charge in [-0.15, -0.1) is 0 Å². The summed E-state index contributed by atoms with van der Waals surface area (Å²) in [6, 6.07) is 8.58. The minimum atomic E-state index is -4.64. The van der Waals surface area contributed by atoms with Gasteiger partial charge in [0.15, 0.2) is 9.84 Å². The molecule has 1 aliphatic rings. The summed E-state index contributed by atoms with van der Waals surface area (Å²) in [5, 5.41) is 5.07. The average molecular weight is 512 g/mol. The van der Waals surface area contributed by atoms with Crippen molar-refractivity contribution in [1.82, 2.24) is 10.6 Å². The highest BCUT2D eigenvalue weighted by atomic mass is 32.2. The molecule has 2 amide bonds. The van der Waals surface area contributed by atoms with Gasteiger partial charge in [0.25, 0.3) is 5.91 Å². The summed E-state index contributed by atoms with van der Waals surface area (Å²) >= 11 is 0. The lowest BCUT2D eigenvalue weighted by Crippen LogP contribution is -2.47. The molecule has 0 saturated heterocycles. The molecule has 2 atom stereocenters. The molecule has 0 unspecified atom stereocenters. The van der Waals surface area contributed by atoms with E-state index in [1.807, 2.05) is 6.92 Å². The zero-order valence-corrected chi connectivity index (χ0v) is 20.0. The van der Waals surface area contributed by atoms with Crippen LogP contribution in [0.1, 0.15) is 47.2 Å². The van der Waals surface area contributed by atoms with E-state index in [1.165, 1.54) is 0 Å². The molecule has 0 bridgehead atoms. The Hall–Kier alpha value is -3.08. The van der Waals surface area contributed by atoms with Crippen molar-refractivity contribution in [1.29, 1.82) is 0 Å². The van der Waals surface area contributed by atoms with Crippen molar-refractivity contribution in [3.8, 4) is 0 Å². The summed E-state index contributed by atoms with van der Waals surface area (Å²) in [7, 11) is -3.55. The first-order chi connectivity index (χ1) is 16.4. The third kappa shape index (κ3) is 6.97. The zero-order chi connectivity index (χ0) is 25.8. The Kier molecular flexibility index (Phi) is 8.09. The van der Waals surface area contributed by atoms with Gasteiger partial charge in [-0.2, -0.15) is 13.2 Å². The fourth-order valence-corrected chi connectivity index (χ4v) is 5.87. The van der Waals surface area contributed by atoms with Crippen molar-refractivity contribution >= 4 is 27.3 Å². The van der Waals surface area contributed by atoms with Gasteiger partial charge in [-0.05, 0) is 56.0 Å². The molecular formula is C24H28F3N3O4S. The molecule has 3 rings (SSSR count). The fraction of sp³-hybridized carbons (Fsp3) is 0.417. The molecule has 1 saturated carbocycles. The quantitative estimate of drug-likeness (QED) is 0.492. The van der Waals surface area contributed by atoms with Crippen LogP contribution in [-0.2, 0) is 20.8 Å². The molecule has 0 spiro atoms. The summed E-state index contributed by atoms with van der Waals surface area (Å²) in [5.74, 6) is -1.89. The smallest absolute Gasteiger partial charge is 0.398 e. The van der Waals surface area contributed by atoms with Gasteiger partial charge < -0.3 is 16.4 Å². The van der Waals surface area contributed by atoms with Gasteiger partial charge in [0, 0.05) is 11.7 Å². The Balaban J connectivity index is 1.61. The van der Waals surface area contributed by atoms with E-state index in [2.05, 4.69) is 10.6 Å². The molecule has 2 aromatic rings. The summed E-state index contributed by atoms with van der Waals surface area (Å²) in [6.07, 6.45) is -1.77. The number of carbonyl (C=O) groups is 2. The normalized spacial score (nSPS) is 18.6. The van der Waals surface area contributed by atoms with Crippen molar-refractivity contribution in [2.75, 3.05) is 18.0 Å². The number of nitrogen functional groups attached to an aromatic ring is 1. The maximum Gasteiger partial charge on any atom is 0.416 e. The Bertz CT molecular complexity index is 1180. The molecule has 11 heteroatoms. The topological polar surface area (TPSA) is 118 Å². The molecule has 4 N–H and O–H groups in total. The van der Waals surface area contributed by atoms with Gasteiger partial charge in [0.1, 0.15) is 0 Å². The first-order valence-corrected chi connectivity index (χ1v) is 12.9. The molecule has 0 aliphatic heterocycles. The number of carbonyl (C=O) groups excluding carboxylic acids is 2. The van der Waals surface area contributed by atoms with E-state index in [9.17, 15) is 31.2 Å². The Morgan fingerprint density at radius 2 is 1.71 bits per heavy atom. The van der Waals surface area contributed by atoms with Gasteiger partial charge in [0.2, 0.25) is 5.91 Å². The van der Waals surface area contributed by atoms with Crippen LogP contribution in [0, 0.1) is 12.8 Å². The molecule has 7 nitrogen and oxygen atoms in total. The second kappa shape index (κ2) is 10.7. The van der Waals surface area contributed by atoms with Crippen molar-refractivity contribution < 1.29 is 31.2 Å². The highest BCUT2D eigenvalue weighted by molar-refractivity contribution is 7.91. The summed E-state index contributed by atoms with van der Waals surface area (Å²) in [5.41, 5.74) is 5.02. The number of hydrogen-bond donors (Lipinski definition) is 3. The maximum atomic E-state index is 12.9. The largest absolute Gasteiger partial charge is 0.416 e. The molecule has 0 aromatic heterocycles.